The van der Waals surface area contributed by atoms with Gasteiger partial charge in [0.15, 0.2) is 0 Å². The highest BCUT2D eigenvalue weighted by atomic mass is 16.2. The van der Waals surface area contributed by atoms with E-state index in [9.17, 15) is 4.79 Å². The van der Waals surface area contributed by atoms with Gasteiger partial charge in [-0.2, -0.15) is 0 Å². The maximum absolute atomic E-state index is 11.4. The summed E-state index contributed by atoms with van der Waals surface area (Å²) in [6, 6.07) is 0.521. The van der Waals surface area contributed by atoms with Gasteiger partial charge < -0.3 is 10.2 Å². The molecule has 1 saturated carbocycles. The van der Waals surface area contributed by atoms with Crippen LogP contribution in [-0.4, -0.2) is 37.0 Å². The first-order valence-corrected chi connectivity index (χ1v) is 4.75. The molecular formula is C9H16N2O. The summed E-state index contributed by atoms with van der Waals surface area (Å²) in [5, 5.41) is 3.21. The first-order valence-electron chi connectivity index (χ1n) is 4.75. The van der Waals surface area contributed by atoms with E-state index in [1.54, 1.807) is 0 Å². The summed E-state index contributed by atoms with van der Waals surface area (Å²) in [4.78, 5) is 13.4. The van der Waals surface area contributed by atoms with Gasteiger partial charge in [0.1, 0.15) is 0 Å². The lowest BCUT2D eigenvalue weighted by Gasteiger charge is -2.25. The fourth-order valence-corrected chi connectivity index (χ4v) is 2.44. The zero-order chi connectivity index (χ0) is 8.55. The molecule has 2 fully saturated rings. The Morgan fingerprint density at radius 3 is 3.17 bits per heavy atom. The molecule has 0 aromatic rings. The highest BCUT2D eigenvalue weighted by molar-refractivity contribution is 5.78. The first-order chi connectivity index (χ1) is 5.79. The lowest BCUT2D eigenvalue weighted by atomic mass is 10.0. The van der Waals surface area contributed by atoms with Gasteiger partial charge in [-0.05, 0) is 18.8 Å². The molecule has 0 unspecified atom stereocenters. The highest BCUT2D eigenvalue weighted by Gasteiger charge is 2.34. The van der Waals surface area contributed by atoms with Crippen molar-refractivity contribution < 1.29 is 4.79 Å². The molecule has 1 heterocycles. The Kier molecular flexibility index (Phi) is 2.05. The zero-order valence-corrected chi connectivity index (χ0v) is 7.55. The van der Waals surface area contributed by atoms with Crippen molar-refractivity contribution in [3.05, 3.63) is 0 Å². The van der Waals surface area contributed by atoms with Crippen molar-refractivity contribution in [3.63, 3.8) is 0 Å². The Hall–Kier alpha value is -0.570. The third-order valence-electron chi connectivity index (χ3n) is 3.19. The summed E-state index contributed by atoms with van der Waals surface area (Å²) in [6.07, 6.45) is 3.78. The van der Waals surface area contributed by atoms with E-state index in [-0.39, 0.29) is 5.91 Å². The van der Waals surface area contributed by atoms with Crippen molar-refractivity contribution in [2.24, 2.45) is 5.92 Å². The van der Waals surface area contributed by atoms with Gasteiger partial charge in [0.2, 0.25) is 5.91 Å². The maximum atomic E-state index is 11.4. The Morgan fingerprint density at radius 2 is 2.33 bits per heavy atom. The molecule has 3 nitrogen and oxygen atoms in total. The summed E-state index contributed by atoms with van der Waals surface area (Å²) >= 11 is 0. The molecule has 0 aromatic heterocycles. The smallest absolute Gasteiger partial charge is 0.236 e. The van der Waals surface area contributed by atoms with Crippen LogP contribution in [0, 0.1) is 5.92 Å². The van der Waals surface area contributed by atoms with E-state index >= 15 is 0 Å². The number of rotatable bonds is 0. The first kappa shape index (κ1) is 8.05. The lowest BCUT2D eigenvalue weighted by molar-refractivity contribution is -0.130. The normalized spacial score (nSPS) is 36.4. The molecule has 1 aliphatic carbocycles. The Balaban J connectivity index is 2.13. The molecule has 68 valence electrons. The number of nitrogens with one attached hydrogen (secondary N) is 1. The van der Waals surface area contributed by atoms with Gasteiger partial charge >= 0.3 is 0 Å². The van der Waals surface area contributed by atoms with Crippen LogP contribution in [-0.2, 0) is 4.79 Å². The topological polar surface area (TPSA) is 32.3 Å². The van der Waals surface area contributed by atoms with Crippen LogP contribution in [0.1, 0.15) is 19.3 Å². The molecule has 1 saturated heterocycles. The average molecular weight is 168 g/mol. The predicted octanol–water partition coefficient (Wildman–Crippen LogP) is 0.217. The molecular weight excluding hydrogens is 152 g/mol. The van der Waals surface area contributed by atoms with E-state index in [1.807, 2.05) is 11.9 Å². The predicted molar refractivity (Wildman–Crippen MR) is 46.8 cm³/mol. The zero-order valence-electron chi connectivity index (χ0n) is 7.55. The van der Waals surface area contributed by atoms with Gasteiger partial charge in [-0.1, -0.05) is 6.42 Å². The fourth-order valence-electron chi connectivity index (χ4n) is 2.44. The second-order valence-electron chi connectivity index (χ2n) is 3.89. The Morgan fingerprint density at radius 1 is 1.50 bits per heavy atom. The van der Waals surface area contributed by atoms with Crippen LogP contribution in [0.25, 0.3) is 0 Å². The molecule has 1 aliphatic heterocycles. The number of nitrogens with zero attached hydrogens (tertiary/aromatic N) is 1. The van der Waals surface area contributed by atoms with E-state index < -0.39 is 0 Å². The van der Waals surface area contributed by atoms with Crippen molar-refractivity contribution >= 4 is 5.91 Å². The molecule has 0 bridgehead atoms. The van der Waals surface area contributed by atoms with Crippen LogP contribution < -0.4 is 5.32 Å². The molecule has 1 amide bonds. The van der Waals surface area contributed by atoms with Gasteiger partial charge in [-0.15, -0.1) is 0 Å². The second kappa shape index (κ2) is 3.05. The second-order valence-corrected chi connectivity index (χ2v) is 3.89. The van der Waals surface area contributed by atoms with Gasteiger partial charge in [-0.3, -0.25) is 4.79 Å². The number of carbonyl (C=O) groups is 1. The fraction of sp³-hybridized carbons (Fsp3) is 0.889. The van der Waals surface area contributed by atoms with E-state index in [0.29, 0.717) is 18.5 Å². The van der Waals surface area contributed by atoms with Crippen LogP contribution in [0.3, 0.4) is 0 Å². The monoisotopic (exact) mass is 168 g/mol. The van der Waals surface area contributed by atoms with Gasteiger partial charge in [0.25, 0.3) is 0 Å². The number of likely N-dealkylation sites (N-methyl/N-ethyl adjacent to an activating group) is 1. The summed E-state index contributed by atoms with van der Waals surface area (Å²) in [5.74, 6) is 0.964. The quantitative estimate of drug-likeness (QED) is 0.561. The number of carbonyl (C=O) groups excluding carboxylic acids is 1. The third kappa shape index (κ3) is 1.22. The highest BCUT2D eigenvalue weighted by Crippen LogP contribution is 2.29. The number of fused-ring (bicyclic) bond motifs is 1. The molecule has 2 aliphatic rings. The molecule has 2 atom stereocenters. The Bertz CT molecular complexity index is 193. The molecule has 1 N–H and O–H groups in total. The van der Waals surface area contributed by atoms with E-state index in [2.05, 4.69) is 5.32 Å². The number of hydrogen-bond donors (Lipinski definition) is 1. The third-order valence-corrected chi connectivity index (χ3v) is 3.19. The van der Waals surface area contributed by atoms with Gasteiger partial charge in [0.05, 0.1) is 6.54 Å². The van der Waals surface area contributed by atoms with E-state index in [0.717, 1.165) is 6.54 Å². The van der Waals surface area contributed by atoms with Gasteiger partial charge in [-0.25, -0.2) is 0 Å². The summed E-state index contributed by atoms with van der Waals surface area (Å²) in [7, 11) is 1.94. The largest absolute Gasteiger partial charge is 0.341 e. The minimum absolute atomic E-state index is 0.254. The van der Waals surface area contributed by atoms with Crippen molar-refractivity contribution in [2.75, 3.05) is 20.1 Å². The summed E-state index contributed by atoms with van der Waals surface area (Å²) in [6.45, 7) is 1.56. The summed E-state index contributed by atoms with van der Waals surface area (Å²) < 4.78 is 0. The van der Waals surface area contributed by atoms with Crippen molar-refractivity contribution in [3.8, 4) is 0 Å². The van der Waals surface area contributed by atoms with E-state index in [1.165, 1.54) is 19.3 Å². The average Bonchev–Trinajstić information content (AvgIpc) is 2.46. The molecule has 3 heteroatoms. The van der Waals surface area contributed by atoms with Crippen molar-refractivity contribution in [2.45, 2.75) is 25.3 Å². The molecule has 0 radical (unpaired) electrons. The number of amides is 1. The van der Waals surface area contributed by atoms with Crippen LogP contribution in [0.5, 0.6) is 0 Å². The van der Waals surface area contributed by atoms with Crippen LogP contribution in [0.2, 0.25) is 0 Å². The summed E-state index contributed by atoms with van der Waals surface area (Å²) in [5.41, 5.74) is 0. The van der Waals surface area contributed by atoms with Crippen molar-refractivity contribution in [1.29, 1.82) is 0 Å². The van der Waals surface area contributed by atoms with Gasteiger partial charge in [0, 0.05) is 19.6 Å². The molecule has 0 spiro atoms. The van der Waals surface area contributed by atoms with E-state index in [4.69, 9.17) is 0 Å². The lowest BCUT2D eigenvalue weighted by Crippen LogP contribution is -2.38. The minimum Gasteiger partial charge on any atom is -0.341 e. The molecule has 0 aromatic carbocycles. The molecule has 2 rings (SSSR count). The Labute approximate surface area is 73.1 Å². The van der Waals surface area contributed by atoms with Crippen LogP contribution >= 0.6 is 0 Å². The maximum Gasteiger partial charge on any atom is 0.236 e. The standard InChI is InChI=1S/C9H16N2O/c1-11-8-4-2-3-7(8)5-10-6-9(11)12/h7-8,10H,2-6H2,1H3/t7-,8-/m1/s1. The number of hydrogen-bond acceptors (Lipinski definition) is 2. The van der Waals surface area contributed by atoms with Crippen LogP contribution in [0.4, 0.5) is 0 Å². The minimum atomic E-state index is 0.254. The van der Waals surface area contributed by atoms with Crippen molar-refractivity contribution in [1.82, 2.24) is 10.2 Å². The van der Waals surface area contributed by atoms with Crippen LogP contribution in [0.15, 0.2) is 0 Å². The molecule has 12 heavy (non-hydrogen) atoms. The SMILES string of the molecule is CN1C(=O)CNC[C@H]2CCC[C@H]21.